The van der Waals surface area contributed by atoms with Gasteiger partial charge in [0.2, 0.25) is 15.9 Å². The zero-order chi connectivity index (χ0) is 12.7. The van der Waals surface area contributed by atoms with Gasteiger partial charge >= 0.3 is 0 Å². The normalized spacial score (nSPS) is 34.4. The first-order valence-electron chi connectivity index (χ1n) is 6.06. The average Bonchev–Trinajstić information content (AvgIpc) is 2.85. The molecule has 17 heavy (non-hydrogen) atoms. The molecule has 1 spiro atoms. The van der Waals surface area contributed by atoms with E-state index in [1.165, 1.54) is 10.6 Å². The van der Waals surface area contributed by atoms with E-state index in [1.807, 2.05) is 0 Å². The molecule has 1 N–H and O–H groups in total. The van der Waals surface area contributed by atoms with Crippen molar-refractivity contribution in [1.82, 2.24) is 9.62 Å². The number of nitrogens with zero attached hydrogens (tertiary/aromatic N) is 1. The average molecular weight is 260 g/mol. The molecule has 0 bridgehead atoms. The summed E-state index contributed by atoms with van der Waals surface area (Å²) in [5, 5.41) is 2.70. The van der Waals surface area contributed by atoms with Crippen LogP contribution in [0.4, 0.5) is 0 Å². The molecule has 0 radical (unpaired) electrons. The molecule has 0 aromatic heterocycles. The second-order valence-electron chi connectivity index (χ2n) is 5.27. The number of nitrogens with one attached hydrogen (secondary N) is 1. The van der Waals surface area contributed by atoms with E-state index >= 15 is 0 Å². The highest BCUT2D eigenvalue weighted by Crippen LogP contribution is 2.50. The third kappa shape index (κ3) is 2.20. The maximum absolute atomic E-state index is 11.9. The summed E-state index contributed by atoms with van der Waals surface area (Å²) in [6, 6.07) is 0. The molecule has 2 fully saturated rings. The Hall–Kier alpha value is -0.620. The molecule has 1 saturated carbocycles. The molecule has 2 unspecified atom stereocenters. The molecule has 1 aliphatic heterocycles. The van der Waals surface area contributed by atoms with Crippen LogP contribution >= 0.6 is 0 Å². The standard InChI is InChI=1S/C11H20N2O3S/c1-12-10(14)9-4-3-5-11(9)6-7-13(8-11)17(2,15)16/h9H,3-8H2,1-2H3,(H,12,14). The molecule has 98 valence electrons. The lowest BCUT2D eigenvalue weighted by Crippen LogP contribution is -2.40. The van der Waals surface area contributed by atoms with E-state index in [4.69, 9.17) is 0 Å². The Kier molecular flexibility index (Phi) is 3.20. The lowest BCUT2D eigenvalue weighted by atomic mass is 9.76. The van der Waals surface area contributed by atoms with Gasteiger partial charge in [0.25, 0.3) is 0 Å². The number of rotatable bonds is 2. The topological polar surface area (TPSA) is 66.5 Å². The minimum atomic E-state index is -3.12. The summed E-state index contributed by atoms with van der Waals surface area (Å²) < 4.78 is 24.6. The van der Waals surface area contributed by atoms with Gasteiger partial charge in [-0.1, -0.05) is 6.42 Å². The van der Waals surface area contributed by atoms with Gasteiger partial charge in [-0.05, 0) is 24.7 Å². The monoisotopic (exact) mass is 260 g/mol. The minimum absolute atomic E-state index is 0.0146. The van der Waals surface area contributed by atoms with Crippen molar-refractivity contribution >= 4 is 15.9 Å². The molecule has 5 nitrogen and oxygen atoms in total. The lowest BCUT2D eigenvalue weighted by Gasteiger charge is -2.29. The molecule has 1 saturated heterocycles. The highest BCUT2D eigenvalue weighted by atomic mass is 32.2. The fraction of sp³-hybridized carbons (Fsp3) is 0.909. The third-order valence-electron chi connectivity index (χ3n) is 4.29. The van der Waals surface area contributed by atoms with Crippen molar-refractivity contribution in [2.24, 2.45) is 11.3 Å². The van der Waals surface area contributed by atoms with Crippen molar-refractivity contribution in [3.63, 3.8) is 0 Å². The molecule has 1 aliphatic carbocycles. The van der Waals surface area contributed by atoms with Gasteiger partial charge in [0.1, 0.15) is 0 Å². The largest absolute Gasteiger partial charge is 0.359 e. The number of hydrogen-bond donors (Lipinski definition) is 1. The number of carbonyl (C=O) groups is 1. The Balaban J connectivity index is 2.18. The minimum Gasteiger partial charge on any atom is -0.359 e. The van der Waals surface area contributed by atoms with Crippen molar-refractivity contribution in [1.29, 1.82) is 0 Å². The van der Waals surface area contributed by atoms with Gasteiger partial charge in [0.15, 0.2) is 0 Å². The van der Waals surface area contributed by atoms with Crippen LogP contribution in [-0.4, -0.2) is 45.0 Å². The van der Waals surface area contributed by atoms with E-state index in [0.717, 1.165) is 25.7 Å². The Bertz CT molecular complexity index is 420. The number of carbonyl (C=O) groups excluding carboxylic acids is 1. The Morgan fingerprint density at radius 3 is 2.65 bits per heavy atom. The summed E-state index contributed by atoms with van der Waals surface area (Å²) in [5.74, 6) is 0.0529. The van der Waals surface area contributed by atoms with Crippen LogP contribution in [0, 0.1) is 11.3 Å². The van der Waals surface area contributed by atoms with Crippen LogP contribution in [0.1, 0.15) is 25.7 Å². The van der Waals surface area contributed by atoms with Crippen LogP contribution in [0.25, 0.3) is 0 Å². The first kappa shape index (κ1) is 12.8. The van der Waals surface area contributed by atoms with Gasteiger partial charge in [0, 0.05) is 26.1 Å². The van der Waals surface area contributed by atoms with Crippen LogP contribution in [0.15, 0.2) is 0 Å². The second-order valence-corrected chi connectivity index (χ2v) is 7.25. The molecule has 6 heteroatoms. The van der Waals surface area contributed by atoms with Gasteiger partial charge in [-0.2, -0.15) is 0 Å². The maximum atomic E-state index is 11.9. The Morgan fingerprint density at radius 2 is 2.12 bits per heavy atom. The van der Waals surface area contributed by atoms with E-state index in [2.05, 4.69) is 5.32 Å². The molecule has 1 heterocycles. The highest BCUT2D eigenvalue weighted by molar-refractivity contribution is 7.88. The predicted molar refractivity (Wildman–Crippen MR) is 64.9 cm³/mol. The van der Waals surface area contributed by atoms with Gasteiger partial charge < -0.3 is 5.32 Å². The zero-order valence-electron chi connectivity index (χ0n) is 10.4. The number of sulfonamides is 1. The summed E-state index contributed by atoms with van der Waals surface area (Å²) in [7, 11) is -1.47. The fourth-order valence-electron chi connectivity index (χ4n) is 3.35. The fourth-order valence-corrected chi connectivity index (χ4v) is 4.26. The number of hydrogen-bond acceptors (Lipinski definition) is 3. The van der Waals surface area contributed by atoms with Crippen molar-refractivity contribution in [3.05, 3.63) is 0 Å². The predicted octanol–water partition coefficient (Wildman–Crippen LogP) is 0.184. The van der Waals surface area contributed by atoms with Crippen LogP contribution in [0.5, 0.6) is 0 Å². The molecule has 0 aromatic carbocycles. The zero-order valence-corrected chi connectivity index (χ0v) is 11.2. The molecular weight excluding hydrogens is 240 g/mol. The van der Waals surface area contributed by atoms with Crippen LogP contribution in [-0.2, 0) is 14.8 Å². The summed E-state index contributed by atoms with van der Waals surface area (Å²) in [6.07, 6.45) is 4.94. The third-order valence-corrected chi connectivity index (χ3v) is 5.54. The first-order chi connectivity index (χ1) is 7.89. The first-order valence-corrected chi connectivity index (χ1v) is 7.91. The molecule has 2 rings (SSSR count). The van der Waals surface area contributed by atoms with Gasteiger partial charge in [-0.25, -0.2) is 12.7 Å². The van der Waals surface area contributed by atoms with E-state index in [1.54, 1.807) is 7.05 Å². The van der Waals surface area contributed by atoms with Gasteiger partial charge in [-0.3, -0.25) is 4.79 Å². The van der Waals surface area contributed by atoms with E-state index in [9.17, 15) is 13.2 Å². The van der Waals surface area contributed by atoms with E-state index in [-0.39, 0.29) is 17.2 Å². The van der Waals surface area contributed by atoms with Crippen molar-refractivity contribution in [2.75, 3.05) is 26.4 Å². The summed E-state index contributed by atoms with van der Waals surface area (Å²) >= 11 is 0. The van der Waals surface area contributed by atoms with Crippen molar-refractivity contribution in [2.45, 2.75) is 25.7 Å². The SMILES string of the molecule is CNC(=O)C1CCCC12CCN(S(C)(=O)=O)C2. The molecule has 1 amide bonds. The van der Waals surface area contributed by atoms with Gasteiger partial charge in [0.05, 0.1) is 6.26 Å². The molecule has 2 aliphatic rings. The summed E-state index contributed by atoms with van der Waals surface area (Å²) in [5.41, 5.74) is -0.108. The second kappa shape index (κ2) is 4.24. The number of amides is 1. The molecule has 2 atom stereocenters. The summed E-state index contributed by atoms with van der Waals surface area (Å²) in [4.78, 5) is 11.9. The smallest absolute Gasteiger partial charge is 0.223 e. The van der Waals surface area contributed by atoms with Crippen molar-refractivity contribution < 1.29 is 13.2 Å². The quantitative estimate of drug-likeness (QED) is 0.770. The van der Waals surface area contributed by atoms with E-state index < -0.39 is 10.0 Å². The van der Waals surface area contributed by atoms with E-state index in [0.29, 0.717) is 13.1 Å². The summed E-state index contributed by atoms with van der Waals surface area (Å²) in [6.45, 7) is 1.08. The Labute approximate surface area is 103 Å². The molecular formula is C11H20N2O3S. The van der Waals surface area contributed by atoms with Crippen LogP contribution in [0.2, 0.25) is 0 Å². The molecule has 0 aromatic rings. The van der Waals surface area contributed by atoms with Crippen molar-refractivity contribution in [3.8, 4) is 0 Å². The maximum Gasteiger partial charge on any atom is 0.223 e. The van der Waals surface area contributed by atoms with Gasteiger partial charge in [-0.15, -0.1) is 0 Å². The van der Waals surface area contributed by atoms with Crippen LogP contribution in [0.3, 0.4) is 0 Å². The lowest BCUT2D eigenvalue weighted by molar-refractivity contribution is -0.127. The van der Waals surface area contributed by atoms with Crippen LogP contribution < -0.4 is 5.32 Å². The Morgan fingerprint density at radius 1 is 1.41 bits per heavy atom. The highest BCUT2D eigenvalue weighted by Gasteiger charge is 2.51.